The Hall–Kier alpha value is -2.70. The summed E-state index contributed by atoms with van der Waals surface area (Å²) in [6.07, 6.45) is -5.64. The van der Waals surface area contributed by atoms with Gasteiger partial charge in [-0.3, -0.25) is 9.42 Å². The maximum atomic E-state index is 13.8. The molecule has 0 spiro atoms. The first kappa shape index (κ1) is 24.9. The number of rotatable bonds is 6. The van der Waals surface area contributed by atoms with Gasteiger partial charge < -0.3 is 20.7 Å². The van der Waals surface area contributed by atoms with E-state index in [1.54, 1.807) is 23.7 Å². The number of aryl methyl sites for hydroxylation is 1. The molecular formula is C21H27F4N5O3. The van der Waals surface area contributed by atoms with Crippen LogP contribution in [-0.2, 0) is 22.6 Å². The zero-order chi connectivity index (χ0) is 24.6. The van der Waals surface area contributed by atoms with Gasteiger partial charge in [-0.1, -0.05) is 0 Å². The highest BCUT2D eigenvalue weighted by atomic mass is 19.4. The summed E-state index contributed by atoms with van der Waals surface area (Å²) in [5, 5.41) is 7.19. The predicted molar refractivity (Wildman–Crippen MR) is 111 cm³/mol. The fraction of sp³-hybridized carbons (Fsp3) is 0.524. The number of halogens is 4. The molecule has 182 valence electrons. The first-order valence-corrected chi connectivity index (χ1v) is 10.2. The van der Waals surface area contributed by atoms with E-state index in [0.29, 0.717) is 34.6 Å². The molecule has 0 radical (unpaired) electrons. The van der Waals surface area contributed by atoms with Crippen molar-refractivity contribution in [3.05, 3.63) is 40.8 Å². The molecular weight excluding hydrogens is 446 g/mol. The van der Waals surface area contributed by atoms with Crippen molar-refractivity contribution in [1.29, 1.82) is 0 Å². The predicted octanol–water partition coefficient (Wildman–Crippen LogP) is 3.44. The molecule has 1 aromatic heterocycles. The normalized spacial score (nSPS) is 15.4. The second kappa shape index (κ2) is 9.27. The fourth-order valence-electron chi connectivity index (χ4n) is 3.60. The molecule has 8 nitrogen and oxygen atoms in total. The number of nitrogens with one attached hydrogen (secondary N) is 1. The molecule has 1 aliphatic heterocycles. The molecule has 2 aromatic rings. The lowest BCUT2D eigenvalue weighted by molar-refractivity contribution is -0.329. The van der Waals surface area contributed by atoms with Gasteiger partial charge in [-0.2, -0.15) is 5.10 Å². The molecule has 1 atom stereocenters. The van der Waals surface area contributed by atoms with Crippen molar-refractivity contribution < 1.29 is 31.8 Å². The summed E-state index contributed by atoms with van der Waals surface area (Å²) in [5.41, 5.74) is 7.73. The molecule has 1 unspecified atom stereocenters. The number of methoxy groups -OCH3 is 1. The Morgan fingerprint density at radius 1 is 1.30 bits per heavy atom. The fourth-order valence-corrected chi connectivity index (χ4v) is 3.60. The molecule has 12 heteroatoms. The van der Waals surface area contributed by atoms with E-state index >= 15 is 0 Å². The number of fused-ring (bicyclic) bond motifs is 1. The van der Waals surface area contributed by atoms with Gasteiger partial charge in [-0.25, -0.2) is 9.18 Å². The second-order valence-corrected chi connectivity index (χ2v) is 8.52. The lowest BCUT2D eigenvalue weighted by Gasteiger charge is -2.33. The van der Waals surface area contributed by atoms with Crippen molar-refractivity contribution in [3.63, 3.8) is 0 Å². The van der Waals surface area contributed by atoms with Crippen LogP contribution in [0.5, 0.6) is 0 Å². The van der Waals surface area contributed by atoms with Crippen LogP contribution in [0.1, 0.15) is 36.9 Å². The number of nitrogens with zero attached hydrogens (tertiary/aromatic N) is 3. The molecule has 0 fully saturated rings. The Morgan fingerprint density at radius 3 is 2.61 bits per heavy atom. The highest BCUT2D eigenvalue weighted by Crippen LogP contribution is 2.33. The van der Waals surface area contributed by atoms with Crippen molar-refractivity contribution in [2.45, 2.75) is 52.0 Å². The van der Waals surface area contributed by atoms with Gasteiger partial charge in [0.2, 0.25) is 0 Å². The van der Waals surface area contributed by atoms with E-state index in [1.165, 1.54) is 31.9 Å². The first-order chi connectivity index (χ1) is 15.3. The Balaban J connectivity index is 1.85. The van der Waals surface area contributed by atoms with Crippen LogP contribution in [0, 0.1) is 12.7 Å². The van der Waals surface area contributed by atoms with E-state index < -0.39 is 30.8 Å². The average molecular weight is 473 g/mol. The van der Waals surface area contributed by atoms with Crippen molar-refractivity contribution in [3.8, 4) is 11.3 Å². The van der Waals surface area contributed by atoms with Crippen molar-refractivity contribution in [1.82, 2.24) is 20.0 Å². The van der Waals surface area contributed by atoms with Gasteiger partial charge in [0.25, 0.3) is 0 Å². The summed E-state index contributed by atoms with van der Waals surface area (Å²) in [5.74, 6) is -0.347. The van der Waals surface area contributed by atoms with E-state index in [9.17, 15) is 22.4 Å². The molecule has 2 amide bonds. The van der Waals surface area contributed by atoms with Crippen LogP contribution in [0.15, 0.2) is 18.2 Å². The number of hydrogen-bond donors (Lipinski definition) is 2. The molecule has 3 rings (SSSR count). The number of aromatic nitrogens is 2. The molecule has 0 saturated heterocycles. The smallest absolute Gasteiger partial charge is 0.362 e. The lowest BCUT2D eigenvalue weighted by Crippen LogP contribution is -2.54. The van der Waals surface area contributed by atoms with E-state index in [1.807, 2.05) is 0 Å². The minimum Gasteiger partial charge on any atom is -0.362 e. The van der Waals surface area contributed by atoms with E-state index in [-0.39, 0.29) is 18.9 Å². The van der Waals surface area contributed by atoms with Gasteiger partial charge in [0, 0.05) is 24.8 Å². The number of urea groups is 1. The molecule has 2 heterocycles. The van der Waals surface area contributed by atoms with Gasteiger partial charge in [0.15, 0.2) is 0 Å². The van der Waals surface area contributed by atoms with Gasteiger partial charge in [0.05, 0.1) is 36.6 Å². The van der Waals surface area contributed by atoms with Crippen LogP contribution in [0.3, 0.4) is 0 Å². The number of alkyl halides is 3. The number of benzene rings is 1. The molecule has 1 aliphatic rings. The summed E-state index contributed by atoms with van der Waals surface area (Å²) in [7, 11) is 1.44. The van der Waals surface area contributed by atoms with Gasteiger partial charge in [-0.05, 0) is 44.5 Å². The average Bonchev–Trinajstić information content (AvgIpc) is 3.11. The highest BCUT2D eigenvalue weighted by molar-refractivity contribution is 5.75. The molecule has 0 aliphatic carbocycles. The van der Waals surface area contributed by atoms with Gasteiger partial charge >= 0.3 is 12.4 Å². The maximum Gasteiger partial charge on any atom is 0.522 e. The quantitative estimate of drug-likeness (QED) is 0.495. The third-order valence-corrected chi connectivity index (χ3v) is 5.32. The SMILES string of the molecule is COC(N)c1c(-c2ccc(F)c(C)c2)nn2c1CN(C(=O)NC(C)(C)COC(F)(F)F)CC2. The summed E-state index contributed by atoms with van der Waals surface area (Å²) in [4.78, 5) is 14.3. The molecule has 33 heavy (non-hydrogen) atoms. The largest absolute Gasteiger partial charge is 0.522 e. The van der Waals surface area contributed by atoms with Crippen LogP contribution in [0.4, 0.5) is 22.4 Å². The number of nitrogens with two attached hydrogens (primary N) is 1. The second-order valence-electron chi connectivity index (χ2n) is 8.52. The Bertz CT molecular complexity index is 1020. The molecule has 0 saturated carbocycles. The summed E-state index contributed by atoms with van der Waals surface area (Å²) < 4.78 is 61.8. The number of carbonyl (C=O) groups is 1. The van der Waals surface area contributed by atoms with E-state index in [4.69, 9.17) is 10.5 Å². The van der Waals surface area contributed by atoms with Gasteiger partial charge in [-0.15, -0.1) is 13.2 Å². The Kier molecular flexibility index (Phi) is 7.01. The number of amides is 2. The number of hydrogen-bond acceptors (Lipinski definition) is 5. The van der Waals surface area contributed by atoms with Crippen LogP contribution in [0.2, 0.25) is 0 Å². The minimum absolute atomic E-state index is 0.113. The Labute approximate surface area is 188 Å². The third kappa shape index (κ3) is 5.81. The standard InChI is InChI=1S/C21H27F4N5O3/c1-12-9-13(5-6-14(12)22)17-16(18(26)32-4)15-10-29(7-8-30(15)28-17)19(31)27-20(2,3)11-33-21(23,24)25/h5-6,9,18H,7-8,10-11,26H2,1-4H3,(H,27,31). The Morgan fingerprint density at radius 2 is 2.00 bits per heavy atom. The van der Waals surface area contributed by atoms with Crippen LogP contribution < -0.4 is 11.1 Å². The van der Waals surface area contributed by atoms with Crippen molar-refractivity contribution >= 4 is 6.03 Å². The van der Waals surface area contributed by atoms with Crippen LogP contribution in [-0.4, -0.2) is 52.9 Å². The lowest BCUT2D eigenvalue weighted by atomic mass is 10.0. The topological polar surface area (TPSA) is 94.6 Å². The number of ether oxygens (including phenoxy) is 2. The number of carbonyl (C=O) groups excluding carboxylic acids is 1. The van der Waals surface area contributed by atoms with E-state index in [0.717, 1.165) is 0 Å². The third-order valence-electron chi connectivity index (χ3n) is 5.32. The molecule has 3 N–H and O–H groups in total. The zero-order valence-corrected chi connectivity index (χ0v) is 18.8. The van der Waals surface area contributed by atoms with Crippen molar-refractivity contribution in [2.24, 2.45) is 5.73 Å². The van der Waals surface area contributed by atoms with E-state index in [2.05, 4.69) is 15.2 Å². The summed E-state index contributed by atoms with van der Waals surface area (Å²) in [6, 6.07) is 4.05. The van der Waals surface area contributed by atoms with Crippen LogP contribution >= 0.6 is 0 Å². The summed E-state index contributed by atoms with van der Waals surface area (Å²) >= 11 is 0. The minimum atomic E-state index is -4.79. The summed E-state index contributed by atoms with van der Waals surface area (Å²) in [6.45, 7) is 4.51. The zero-order valence-electron chi connectivity index (χ0n) is 18.8. The molecule has 1 aromatic carbocycles. The highest BCUT2D eigenvalue weighted by Gasteiger charge is 2.35. The van der Waals surface area contributed by atoms with Crippen molar-refractivity contribution in [2.75, 3.05) is 20.3 Å². The maximum absolute atomic E-state index is 13.8. The monoisotopic (exact) mass is 473 g/mol. The first-order valence-electron chi connectivity index (χ1n) is 10.2. The molecule has 0 bridgehead atoms. The van der Waals surface area contributed by atoms with Gasteiger partial charge in [0.1, 0.15) is 12.0 Å². The van der Waals surface area contributed by atoms with Crippen LogP contribution in [0.25, 0.3) is 11.3 Å².